The molecule has 1 aliphatic rings. The van der Waals surface area contributed by atoms with Gasteiger partial charge in [0, 0.05) is 5.75 Å². The largest absolute Gasteiger partial charge is 0.480 e. The molecule has 2 amide bonds. The molecule has 0 bridgehead atoms. The highest BCUT2D eigenvalue weighted by atomic mass is 79.9. The van der Waals surface area contributed by atoms with Crippen LogP contribution in [0.4, 0.5) is 10.5 Å². The fourth-order valence-electron chi connectivity index (χ4n) is 1.63. The lowest BCUT2D eigenvalue weighted by atomic mass is 10.3. The fraction of sp³-hybridized carbons (Fsp3) is 0.273. The molecular weight excluding hydrogens is 356 g/mol. The number of nitrogens with zero attached hydrogens (tertiary/aromatic N) is 1. The van der Waals surface area contributed by atoms with Crippen LogP contribution >= 0.6 is 39.3 Å². The van der Waals surface area contributed by atoms with Gasteiger partial charge in [0.25, 0.3) is 0 Å². The molecule has 1 atom stereocenters. The minimum atomic E-state index is -0.995. The molecule has 0 unspecified atom stereocenters. The Morgan fingerprint density at radius 1 is 1.53 bits per heavy atom. The summed E-state index contributed by atoms with van der Waals surface area (Å²) in [5, 5.41) is 12.2. The van der Waals surface area contributed by atoms with Gasteiger partial charge in [-0.3, -0.25) is 0 Å². The van der Waals surface area contributed by atoms with Gasteiger partial charge < -0.3 is 15.3 Å². The topological polar surface area (TPSA) is 69.6 Å². The van der Waals surface area contributed by atoms with Crippen LogP contribution in [0.3, 0.4) is 0 Å². The summed E-state index contributed by atoms with van der Waals surface area (Å²) in [5.74, 6) is -0.231. The zero-order valence-electron chi connectivity index (χ0n) is 9.60. The number of urea groups is 1. The molecule has 1 aromatic carbocycles. The highest BCUT2D eigenvalue weighted by molar-refractivity contribution is 9.10. The van der Waals surface area contributed by atoms with Gasteiger partial charge in [-0.1, -0.05) is 17.7 Å². The van der Waals surface area contributed by atoms with Crippen LogP contribution in [0.2, 0.25) is 5.02 Å². The summed E-state index contributed by atoms with van der Waals surface area (Å²) in [6, 6.07) is 3.85. The van der Waals surface area contributed by atoms with Crippen LogP contribution in [0.25, 0.3) is 0 Å². The summed E-state index contributed by atoms with van der Waals surface area (Å²) in [7, 11) is 0. The van der Waals surface area contributed by atoms with Crippen LogP contribution in [0, 0.1) is 0 Å². The number of aliphatic carboxylic acids is 1. The highest BCUT2D eigenvalue weighted by Gasteiger charge is 2.34. The number of hydrogen-bond acceptors (Lipinski definition) is 3. The maximum atomic E-state index is 12.1. The Morgan fingerprint density at radius 2 is 2.26 bits per heavy atom. The molecule has 5 nitrogen and oxygen atoms in total. The van der Waals surface area contributed by atoms with Gasteiger partial charge in [0.15, 0.2) is 0 Å². The van der Waals surface area contributed by atoms with E-state index in [0.29, 0.717) is 26.8 Å². The number of carbonyl (C=O) groups excluding carboxylic acids is 1. The monoisotopic (exact) mass is 364 g/mol. The van der Waals surface area contributed by atoms with E-state index in [9.17, 15) is 9.59 Å². The Bertz CT molecular complexity index is 529. The lowest BCUT2D eigenvalue weighted by molar-refractivity contribution is -0.140. The smallest absolute Gasteiger partial charge is 0.327 e. The number of benzene rings is 1. The maximum absolute atomic E-state index is 12.1. The van der Waals surface area contributed by atoms with E-state index in [1.165, 1.54) is 16.7 Å². The predicted molar refractivity (Wildman–Crippen MR) is 78.8 cm³/mol. The first-order valence-corrected chi connectivity index (χ1v) is 7.65. The summed E-state index contributed by atoms with van der Waals surface area (Å²) in [4.78, 5) is 24.4. The highest BCUT2D eigenvalue weighted by Crippen LogP contribution is 2.31. The molecule has 0 radical (unpaired) electrons. The molecule has 0 saturated carbocycles. The number of hydrogen-bond donors (Lipinski definition) is 2. The van der Waals surface area contributed by atoms with Crippen molar-refractivity contribution in [1.29, 1.82) is 0 Å². The summed E-state index contributed by atoms with van der Waals surface area (Å²) in [6.07, 6.45) is 0. The van der Waals surface area contributed by atoms with Crippen LogP contribution in [-0.2, 0) is 4.79 Å². The van der Waals surface area contributed by atoms with E-state index in [0.717, 1.165) is 0 Å². The quantitative estimate of drug-likeness (QED) is 0.845. The number of carbonyl (C=O) groups is 2. The van der Waals surface area contributed by atoms with Gasteiger partial charge in [-0.2, -0.15) is 0 Å². The minimum absolute atomic E-state index is 0.362. The summed E-state index contributed by atoms with van der Waals surface area (Å²) >= 11 is 10.6. The first-order chi connectivity index (χ1) is 9.00. The molecule has 0 aliphatic carbocycles. The zero-order valence-corrected chi connectivity index (χ0v) is 12.8. The standard InChI is InChI=1S/C11H10BrClN2O3S/c12-9-6(13)2-1-3-7(9)14-11(18)15-5-19-4-8(15)10(16)17/h1-3,8H,4-5H2,(H,14,18)(H,16,17)/t8-/m0/s1. The van der Waals surface area contributed by atoms with E-state index in [2.05, 4.69) is 21.2 Å². The number of anilines is 1. The van der Waals surface area contributed by atoms with E-state index in [1.54, 1.807) is 18.2 Å². The lowest BCUT2D eigenvalue weighted by Gasteiger charge is -2.21. The third-order valence-electron chi connectivity index (χ3n) is 2.62. The predicted octanol–water partition coefficient (Wildman–Crippen LogP) is 3.09. The second-order valence-electron chi connectivity index (χ2n) is 3.86. The Balaban J connectivity index is 2.13. The van der Waals surface area contributed by atoms with E-state index in [4.69, 9.17) is 16.7 Å². The fourth-order valence-corrected chi connectivity index (χ4v) is 3.32. The van der Waals surface area contributed by atoms with E-state index < -0.39 is 18.0 Å². The molecule has 1 saturated heterocycles. The number of nitrogens with one attached hydrogen (secondary N) is 1. The molecule has 1 aromatic rings. The molecule has 1 fully saturated rings. The molecule has 1 aliphatic heterocycles. The van der Waals surface area contributed by atoms with Crippen LogP contribution in [-0.4, -0.2) is 39.7 Å². The number of rotatable bonds is 2. The van der Waals surface area contributed by atoms with E-state index >= 15 is 0 Å². The van der Waals surface area contributed by atoms with E-state index in [-0.39, 0.29) is 0 Å². The van der Waals surface area contributed by atoms with Crippen molar-refractivity contribution in [2.24, 2.45) is 0 Å². The average Bonchev–Trinajstić information content (AvgIpc) is 2.84. The third-order valence-corrected chi connectivity index (χ3v) is 5.03. The van der Waals surface area contributed by atoms with Crippen molar-refractivity contribution in [3.63, 3.8) is 0 Å². The second-order valence-corrected chi connectivity index (χ2v) is 6.06. The number of carboxylic acid groups (broad SMARTS) is 1. The number of halogens is 2. The van der Waals surface area contributed by atoms with Gasteiger partial charge >= 0.3 is 12.0 Å². The second kappa shape index (κ2) is 6.02. The minimum Gasteiger partial charge on any atom is -0.480 e. The maximum Gasteiger partial charge on any atom is 0.327 e. The Morgan fingerprint density at radius 3 is 2.95 bits per heavy atom. The van der Waals surface area contributed by atoms with Crippen LogP contribution in [0.5, 0.6) is 0 Å². The molecule has 2 rings (SSSR count). The van der Waals surface area contributed by atoms with Gasteiger partial charge in [-0.05, 0) is 28.1 Å². The van der Waals surface area contributed by atoms with Crippen molar-refractivity contribution in [3.8, 4) is 0 Å². The third kappa shape index (κ3) is 3.16. The number of thioether (sulfide) groups is 1. The van der Waals surface area contributed by atoms with Crippen molar-refractivity contribution >= 4 is 57.0 Å². The van der Waals surface area contributed by atoms with Crippen molar-refractivity contribution in [2.75, 3.05) is 16.9 Å². The molecule has 0 aromatic heterocycles. The first-order valence-electron chi connectivity index (χ1n) is 5.33. The van der Waals surface area contributed by atoms with Crippen molar-refractivity contribution < 1.29 is 14.7 Å². The van der Waals surface area contributed by atoms with Crippen molar-refractivity contribution in [2.45, 2.75) is 6.04 Å². The van der Waals surface area contributed by atoms with Crippen LogP contribution < -0.4 is 5.32 Å². The molecule has 102 valence electrons. The zero-order chi connectivity index (χ0) is 14.0. The molecular formula is C11H10BrClN2O3S. The van der Waals surface area contributed by atoms with Gasteiger partial charge in [-0.15, -0.1) is 11.8 Å². The summed E-state index contributed by atoms with van der Waals surface area (Å²) in [6.45, 7) is 0. The molecule has 2 N–H and O–H groups in total. The van der Waals surface area contributed by atoms with E-state index in [1.807, 2.05) is 0 Å². The number of amides is 2. The first kappa shape index (κ1) is 14.5. The average molecular weight is 366 g/mol. The summed E-state index contributed by atoms with van der Waals surface area (Å²) < 4.78 is 0.573. The Hall–Kier alpha value is -0.920. The SMILES string of the molecule is O=C(O)[C@@H]1CSCN1C(=O)Nc1cccc(Cl)c1Br. The van der Waals surface area contributed by atoms with Crippen molar-refractivity contribution in [3.05, 3.63) is 27.7 Å². The van der Waals surface area contributed by atoms with Crippen LogP contribution in [0.1, 0.15) is 0 Å². The van der Waals surface area contributed by atoms with Gasteiger partial charge in [-0.25, -0.2) is 9.59 Å². The molecule has 1 heterocycles. The van der Waals surface area contributed by atoms with Gasteiger partial charge in [0.1, 0.15) is 6.04 Å². The number of carboxylic acids is 1. The van der Waals surface area contributed by atoms with Gasteiger partial charge in [0.05, 0.1) is 21.1 Å². The molecule has 0 spiro atoms. The Kier molecular flexibility index (Phi) is 4.59. The molecule has 8 heteroatoms. The lowest BCUT2D eigenvalue weighted by Crippen LogP contribution is -2.44. The van der Waals surface area contributed by atoms with Crippen molar-refractivity contribution in [1.82, 2.24) is 4.90 Å². The van der Waals surface area contributed by atoms with Gasteiger partial charge in [0.2, 0.25) is 0 Å². The van der Waals surface area contributed by atoms with Crippen LogP contribution in [0.15, 0.2) is 22.7 Å². The molecule has 19 heavy (non-hydrogen) atoms. The Labute approximate surface area is 127 Å². The summed E-state index contributed by atoms with van der Waals surface area (Å²) in [5.41, 5.74) is 0.513. The normalized spacial score (nSPS) is 18.4.